The molecule has 0 aliphatic rings. The van der Waals surface area contributed by atoms with E-state index >= 15 is 0 Å². The van der Waals surface area contributed by atoms with Gasteiger partial charge in [-0.05, 0) is 43.4 Å². The normalized spacial score (nSPS) is 12.9. The predicted octanol–water partition coefficient (Wildman–Crippen LogP) is 4.33. The quantitative estimate of drug-likeness (QED) is 0.755. The molecule has 0 saturated carbocycles. The summed E-state index contributed by atoms with van der Waals surface area (Å²) in [6, 6.07) is 4.36. The van der Waals surface area contributed by atoms with Gasteiger partial charge in [0.1, 0.15) is 5.78 Å². The third kappa shape index (κ3) is 2.96. The summed E-state index contributed by atoms with van der Waals surface area (Å²) in [5.74, 6) is 0.776. The van der Waals surface area contributed by atoms with Crippen LogP contribution in [0.1, 0.15) is 55.4 Å². The van der Waals surface area contributed by atoms with E-state index in [4.69, 9.17) is 0 Å². The molecule has 0 N–H and O–H groups in total. The molecule has 1 heteroatoms. The van der Waals surface area contributed by atoms with Crippen molar-refractivity contribution >= 4 is 5.78 Å². The minimum atomic E-state index is 0.0561. The first kappa shape index (κ1) is 14.0. The number of aryl methyl sites for hydroxylation is 3. The van der Waals surface area contributed by atoms with Crippen LogP contribution in [0.5, 0.6) is 0 Å². The van der Waals surface area contributed by atoms with Gasteiger partial charge in [0.15, 0.2) is 0 Å². The van der Waals surface area contributed by atoms with Crippen LogP contribution in [0.2, 0.25) is 0 Å². The van der Waals surface area contributed by atoms with Gasteiger partial charge in [0.05, 0.1) is 0 Å². The van der Waals surface area contributed by atoms with Gasteiger partial charge < -0.3 is 0 Å². The van der Waals surface area contributed by atoms with Crippen molar-refractivity contribution in [1.82, 2.24) is 0 Å². The fourth-order valence-corrected chi connectivity index (χ4v) is 2.77. The molecule has 0 heterocycles. The predicted molar refractivity (Wildman–Crippen MR) is 73.5 cm³/mol. The molecule has 0 amide bonds. The third-order valence-corrected chi connectivity index (χ3v) is 3.41. The van der Waals surface area contributed by atoms with Crippen LogP contribution in [0, 0.1) is 26.7 Å². The fraction of sp³-hybridized carbons (Fsp3) is 0.562. The lowest BCUT2D eigenvalue weighted by Crippen LogP contribution is -2.19. The molecule has 0 aromatic heterocycles. The van der Waals surface area contributed by atoms with Gasteiger partial charge in [-0.1, -0.05) is 38.5 Å². The van der Waals surface area contributed by atoms with Crippen LogP contribution in [-0.2, 0) is 4.79 Å². The Hall–Kier alpha value is -1.11. The average molecular weight is 232 g/mol. The SMILES string of the molecule is CCC(=O)C(c1c(C)cc(C)cc1C)C(C)C. The zero-order valence-electron chi connectivity index (χ0n) is 11.9. The Bertz CT molecular complexity index is 393. The highest BCUT2D eigenvalue weighted by molar-refractivity contribution is 5.86. The Kier molecular flexibility index (Phi) is 4.50. The van der Waals surface area contributed by atoms with Crippen LogP contribution in [-0.4, -0.2) is 5.78 Å². The number of benzene rings is 1. The van der Waals surface area contributed by atoms with Crippen LogP contribution in [0.15, 0.2) is 12.1 Å². The van der Waals surface area contributed by atoms with Gasteiger partial charge in [-0.3, -0.25) is 4.79 Å². The molecule has 1 nitrogen and oxygen atoms in total. The van der Waals surface area contributed by atoms with E-state index in [0.29, 0.717) is 18.1 Å². The lowest BCUT2D eigenvalue weighted by molar-refractivity contribution is -0.121. The van der Waals surface area contributed by atoms with Crippen LogP contribution in [0.4, 0.5) is 0 Å². The first-order chi connectivity index (χ1) is 7.88. The van der Waals surface area contributed by atoms with E-state index in [1.165, 1.54) is 22.3 Å². The minimum absolute atomic E-state index is 0.0561. The maximum absolute atomic E-state index is 12.1. The van der Waals surface area contributed by atoms with Crippen molar-refractivity contribution in [3.05, 3.63) is 34.4 Å². The molecule has 1 aromatic rings. The summed E-state index contributed by atoms with van der Waals surface area (Å²) in [5.41, 5.74) is 5.03. The second kappa shape index (κ2) is 5.48. The topological polar surface area (TPSA) is 17.1 Å². The molecular weight excluding hydrogens is 208 g/mol. The number of carbonyl (C=O) groups is 1. The van der Waals surface area contributed by atoms with Crippen molar-refractivity contribution in [2.75, 3.05) is 0 Å². The molecule has 0 aliphatic heterocycles. The number of Topliss-reactive ketones (excluding diaryl/α,β-unsaturated/α-hetero) is 1. The summed E-state index contributed by atoms with van der Waals surface area (Å²) in [7, 11) is 0. The molecule has 1 unspecified atom stereocenters. The van der Waals surface area contributed by atoms with Crippen molar-refractivity contribution in [3.63, 3.8) is 0 Å². The van der Waals surface area contributed by atoms with E-state index in [2.05, 4.69) is 46.8 Å². The molecule has 0 aliphatic carbocycles. The maximum atomic E-state index is 12.1. The summed E-state index contributed by atoms with van der Waals surface area (Å²) < 4.78 is 0. The molecule has 0 spiro atoms. The molecule has 1 aromatic carbocycles. The van der Waals surface area contributed by atoms with Gasteiger partial charge in [0.25, 0.3) is 0 Å². The number of hydrogen-bond donors (Lipinski definition) is 0. The van der Waals surface area contributed by atoms with Gasteiger partial charge in [-0.15, -0.1) is 0 Å². The number of ketones is 1. The van der Waals surface area contributed by atoms with Crippen molar-refractivity contribution in [1.29, 1.82) is 0 Å². The van der Waals surface area contributed by atoms with E-state index in [-0.39, 0.29) is 5.92 Å². The van der Waals surface area contributed by atoms with Crippen molar-refractivity contribution in [2.24, 2.45) is 5.92 Å². The van der Waals surface area contributed by atoms with Gasteiger partial charge in [-0.25, -0.2) is 0 Å². The largest absolute Gasteiger partial charge is 0.299 e. The Morgan fingerprint density at radius 3 is 1.94 bits per heavy atom. The van der Waals surface area contributed by atoms with Gasteiger partial charge in [0, 0.05) is 12.3 Å². The summed E-state index contributed by atoms with van der Waals surface area (Å²) in [5, 5.41) is 0. The van der Waals surface area contributed by atoms with Gasteiger partial charge in [0.2, 0.25) is 0 Å². The third-order valence-electron chi connectivity index (χ3n) is 3.41. The lowest BCUT2D eigenvalue weighted by atomic mass is 9.79. The van der Waals surface area contributed by atoms with Crippen molar-refractivity contribution in [2.45, 2.75) is 53.9 Å². The highest BCUT2D eigenvalue weighted by Gasteiger charge is 2.25. The van der Waals surface area contributed by atoms with E-state index in [1.54, 1.807) is 0 Å². The van der Waals surface area contributed by atoms with Gasteiger partial charge in [-0.2, -0.15) is 0 Å². The average Bonchev–Trinajstić information content (AvgIpc) is 2.21. The van der Waals surface area contributed by atoms with Crippen molar-refractivity contribution < 1.29 is 4.79 Å². The summed E-state index contributed by atoms with van der Waals surface area (Å²) in [4.78, 5) is 12.1. The Labute approximate surface area is 105 Å². The zero-order valence-corrected chi connectivity index (χ0v) is 11.9. The second-order valence-electron chi connectivity index (χ2n) is 5.35. The molecular formula is C16H24O. The van der Waals surface area contributed by atoms with Gasteiger partial charge >= 0.3 is 0 Å². The first-order valence-corrected chi connectivity index (χ1v) is 6.48. The smallest absolute Gasteiger partial charge is 0.140 e. The summed E-state index contributed by atoms with van der Waals surface area (Å²) in [6.07, 6.45) is 0.621. The number of hydrogen-bond acceptors (Lipinski definition) is 1. The number of rotatable bonds is 4. The van der Waals surface area contributed by atoms with Crippen LogP contribution in [0.25, 0.3) is 0 Å². The molecule has 1 atom stereocenters. The molecule has 0 saturated heterocycles. The molecule has 0 fully saturated rings. The first-order valence-electron chi connectivity index (χ1n) is 6.48. The van der Waals surface area contributed by atoms with Crippen LogP contribution >= 0.6 is 0 Å². The Morgan fingerprint density at radius 2 is 1.59 bits per heavy atom. The van der Waals surface area contributed by atoms with E-state index < -0.39 is 0 Å². The molecule has 94 valence electrons. The second-order valence-corrected chi connectivity index (χ2v) is 5.35. The van der Waals surface area contributed by atoms with Crippen LogP contribution in [0.3, 0.4) is 0 Å². The summed E-state index contributed by atoms with van der Waals surface area (Å²) >= 11 is 0. The Balaban J connectivity index is 3.33. The van der Waals surface area contributed by atoms with E-state index in [1.807, 2.05) is 6.92 Å². The van der Waals surface area contributed by atoms with Crippen LogP contribution < -0.4 is 0 Å². The highest BCUT2D eigenvalue weighted by Crippen LogP contribution is 2.32. The molecule has 0 bridgehead atoms. The van der Waals surface area contributed by atoms with Crippen molar-refractivity contribution in [3.8, 4) is 0 Å². The molecule has 1 rings (SSSR count). The molecule has 0 radical (unpaired) electrons. The van der Waals surface area contributed by atoms with E-state index in [0.717, 1.165) is 0 Å². The van der Waals surface area contributed by atoms with E-state index in [9.17, 15) is 4.79 Å². The summed E-state index contributed by atoms with van der Waals surface area (Å²) in [6.45, 7) is 12.6. The molecule has 17 heavy (non-hydrogen) atoms. The zero-order chi connectivity index (χ0) is 13.2. The minimum Gasteiger partial charge on any atom is -0.299 e. The standard InChI is InChI=1S/C16H24O/c1-7-14(17)15(10(2)3)16-12(5)8-11(4)9-13(16)6/h8-10,15H,7H2,1-6H3. The monoisotopic (exact) mass is 232 g/mol. The maximum Gasteiger partial charge on any atom is 0.140 e. The number of carbonyl (C=O) groups excluding carboxylic acids is 1. The lowest BCUT2D eigenvalue weighted by Gasteiger charge is -2.24. The Morgan fingerprint density at radius 1 is 1.12 bits per heavy atom. The fourth-order valence-electron chi connectivity index (χ4n) is 2.77. The highest BCUT2D eigenvalue weighted by atomic mass is 16.1.